The number of amidine groups is 1. The van der Waals surface area contributed by atoms with Crippen molar-refractivity contribution in [2.45, 2.75) is 0 Å². The maximum atomic E-state index is 7.12. The topological polar surface area (TPSA) is 72.2 Å². The van der Waals surface area contributed by atoms with E-state index in [-0.39, 0.29) is 5.84 Å². The number of ether oxygens (including phenoxy) is 1. The Bertz CT molecular complexity index is 352. The van der Waals surface area contributed by atoms with Crippen LogP contribution in [0.3, 0.4) is 0 Å². The number of rotatable bonds is 1. The fourth-order valence-corrected chi connectivity index (χ4v) is 1.04. The van der Waals surface area contributed by atoms with E-state index in [2.05, 4.69) is 0 Å². The van der Waals surface area contributed by atoms with Crippen LogP contribution in [0.4, 0.5) is 0 Å². The van der Waals surface area contributed by atoms with E-state index in [4.69, 9.17) is 20.3 Å². The third-order valence-corrected chi connectivity index (χ3v) is 1.59. The van der Waals surface area contributed by atoms with Crippen LogP contribution in [0.25, 0.3) is 6.08 Å². The molecular formula is C8H8N2O2. The van der Waals surface area contributed by atoms with Crippen LogP contribution in [0.2, 0.25) is 0 Å². The number of hydrogen-bond acceptors (Lipinski definition) is 3. The lowest BCUT2D eigenvalue weighted by atomic mass is 10.3. The highest BCUT2D eigenvalue weighted by molar-refractivity contribution is 5.93. The second-order valence-electron chi connectivity index (χ2n) is 2.47. The molecule has 4 nitrogen and oxygen atoms in total. The van der Waals surface area contributed by atoms with Crippen molar-refractivity contribution in [3.63, 3.8) is 0 Å². The van der Waals surface area contributed by atoms with Crippen molar-refractivity contribution in [1.82, 2.24) is 0 Å². The summed E-state index contributed by atoms with van der Waals surface area (Å²) < 4.78 is 10.4. The molecule has 1 aromatic rings. The van der Waals surface area contributed by atoms with Crippen molar-refractivity contribution >= 4 is 11.9 Å². The van der Waals surface area contributed by atoms with Crippen molar-refractivity contribution in [2.75, 3.05) is 6.61 Å². The summed E-state index contributed by atoms with van der Waals surface area (Å²) in [5.41, 5.74) is 5.24. The maximum absolute atomic E-state index is 7.12. The molecule has 0 atom stereocenters. The van der Waals surface area contributed by atoms with Crippen molar-refractivity contribution in [2.24, 2.45) is 5.73 Å². The van der Waals surface area contributed by atoms with Crippen LogP contribution in [-0.2, 0) is 0 Å². The second-order valence-corrected chi connectivity index (χ2v) is 2.47. The highest BCUT2D eigenvalue weighted by atomic mass is 16.5. The van der Waals surface area contributed by atoms with Crippen LogP contribution in [0.15, 0.2) is 16.6 Å². The highest BCUT2D eigenvalue weighted by Crippen LogP contribution is 2.27. The molecule has 0 saturated heterocycles. The fourth-order valence-electron chi connectivity index (χ4n) is 1.04. The molecule has 0 fully saturated rings. The van der Waals surface area contributed by atoms with Gasteiger partial charge in [0.1, 0.15) is 6.61 Å². The van der Waals surface area contributed by atoms with Crippen LogP contribution in [0.1, 0.15) is 11.5 Å². The number of nitrogens with two attached hydrogens (primary N) is 1. The molecule has 1 aromatic heterocycles. The zero-order valence-electron chi connectivity index (χ0n) is 6.33. The summed E-state index contributed by atoms with van der Waals surface area (Å²) in [7, 11) is 0. The standard InChI is InChI=1S/C8H8N2O2/c9-8(10)7-4-6-5(12-7)2-1-3-11-6/h1-2,4H,3H2,(H3,9,10). The normalized spacial score (nSPS) is 13.7. The van der Waals surface area contributed by atoms with Crippen LogP contribution >= 0.6 is 0 Å². The quantitative estimate of drug-likeness (QED) is 0.479. The summed E-state index contributed by atoms with van der Waals surface area (Å²) in [5, 5.41) is 7.12. The molecule has 0 bridgehead atoms. The summed E-state index contributed by atoms with van der Waals surface area (Å²) in [6, 6.07) is 1.63. The molecule has 0 spiro atoms. The number of hydrogen-bond donors (Lipinski definition) is 2. The fraction of sp³-hybridized carbons (Fsp3) is 0.125. The lowest BCUT2D eigenvalue weighted by Crippen LogP contribution is -2.09. The average Bonchev–Trinajstić information content (AvgIpc) is 2.46. The molecule has 62 valence electrons. The second kappa shape index (κ2) is 2.41. The van der Waals surface area contributed by atoms with Crippen LogP contribution in [-0.4, -0.2) is 12.4 Å². The Morgan fingerprint density at radius 3 is 3.08 bits per heavy atom. The van der Waals surface area contributed by atoms with Gasteiger partial charge in [0.25, 0.3) is 0 Å². The summed E-state index contributed by atoms with van der Waals surface area (Å²) in [4.78, 5) is 0. The van der Waals surface area contributed by atoms with Gasteiger partial charge in [-0.15, -0.1) is 0 Å². The zero-order chi connectivity index (χ0) is 8.55. The molecule has 0 aliphatic carbocycles. The molecule has 12 heavy (non-hydrogen) atoms. The first-order valence-corrected chi connectivity index (χ1v) is 3.55. The van der Waals surface area contributed by atoms with E-state index in [1.165, 1.54) is 0 Å². The SMILES string of the molecule is N=C(N)c1cc2c(o1)C=CCO2. The van der Waals surface area contributed by atoms with Gasteiger partial charge in [0.05, 0.1) is 0 Å². The maximum Gasteiger partial charge on any atom is 0.172 e. The molecule has 0 radical (unpaired) electrons. The Labute approximate surface area is 69.1 Å². The molecule has 4 heteroatoms. The number of nitrogens with one attached hydrogen (secondary N) is 1. The Kier molecular flexibility index (Phi) is 1.40. The molecule has 0 saturated carbocycles. The molecular weight excluding hydrogens is 156 g/mol. The average molecular weight is 164 g/mol. The summed E-state index contributed by atoms with van der Waals surface area (Å²) in [6.45, 7) is 0.546. The minimum atomic E-state index is -0.0820. The minimum absolute atomic E-state index is 0.0820. The Morgan fingerprint density at radius 1 is 1.58 bits per heavy atom. The van der Waals surface area contributed by atoms with Crippen LogP contribution in [0, 0.1) is 5.41 Å². The van der Waals surface area contributed by atoms with Gasteiger partial charge in [0.15, 0.2) is 23.1 Å². The van der Waals surface area contributed by atoms with Gasteiger partial charge in [-0.1, -0.05) is 0 Å². The first kappa shape index (κ1) is 6.97. The molecule has 2 rings (SSSR count). The Hall–Kier alpha value is -1.71. The molecule has 3 N–H and O–H groups in total. The first-order valence-electron chi connectivity index (χ1n) is 3.55. The Balaban J connectivity index is 2.46. The Morgan fingerprint density at radius 2 is 2.42 bits per heavy atom. The summed E-state index contributed by atoms with van der Waals surface area (Å²) in [6.07, 6.45) is 3.65. The van der Waals surface area contributed by atoms with Gasteiger partial charge >= 0.3 is 0 Å². The van der Waals surface area contributed by atoms with E-state index < -0.39 is 0 Å². The van der Waals surface area contributed by atoms with Gasteiger partial charge in [-0.2, -0.15) is 0 Å². The zero-order valence-corrected chi connectivity index (χ0v) is 6.33. The van der Waals surface area contributed by atoms with Gasteiger partial charge < -0.3 is 14.9 Å². The summed E-state index contributed by atoms with van der Waals surface area (Å²) >= 11 is 0. The molecule has 2 heterocycles. The van der Waals surface area contributed by atoms with Gasteiger partial charge in [-0.3, -0.25) is 5.41 Å². The van der Waals surface area contributed by atoms with E-state index in [0.29, 0.717) is 23.9 Å². The molecule has 0 unspecified atom stereocenters. The lowest BCUT2D eigenvalue weighted by Gasteiger charge is -2.03. The third-order valence-electron chi connectivity index (χ3n) is 1.59. The predicted octanol–water partition coefficient (Wildman–Crippen LogP) is 0.969. The number of fused-ring (bicyclic) bond motifs is 1. The van der Waals surface area contributed by atoms with E-state index in [1.807, 2.05) is 12.2 Å². The van der Waals surface area contributed by atoms with Gasteiger partial charge in [-0.25, -0.2) is 0 Å². The number of nitrogen functional groups attached to an aromatic ring is 1. The van der Waals surface area contributed by atoms with Crippen molar-refractivity contribution < 1.29 is 9.15 Å². The van der Waals surface area contributed by atoms with E-state index in [9.17, 15) is 0 Å². The third kappa shape index (κ3) is 0.972. The van der Waals surface area contributed by atoms with E-state index in [0.717, 1.165) is 0 Å². The van der Waals surface area contributed by atoms with Crippen molar-refractivity contribution in [3.05, 3.63) is 23.7 Å². The molecule has 0 aromatic carbocycles. The monoisotopic (exact) mass is 164 g/mol. The van der Waals surface area contributed by atoms with Crippen molar-refractivity contribution in [3.8, 4) is 5.75 Å². The predicted molar refractivity (Wildman–Crippen MR) is 44.3 cm³/mol. The molecule has 0 amide bonds. The van der Waals surface area contributed by atoms with Crippen LogP contribution in [0.5, 0.6) is 5.75 Å². The van der Waals surface area contributed by atoms with E-state index in [1.54, 1.807) is 6.07 Å². The first-order chi connectivity index (χ1) is 5.77. The smallest absolute Gasteiger partial charge is 0.172 e. The molecule has 1 aliphatic heterocycles. The van der Waals surface area contributed by atoms with Gasteiger partial charge in [0, 0.05) is 6.07 Å². The van der Waals surface area contributed by atoms with Crippen LogP contribution < -0.4 is 10.5 Å². The number of furan rings is 1. The highest BCUT2D eigenvalue weighted by Gasteiger charge is 2.13. The van der Waals surface area contributed by atoms with E-state index >= 15 is 0 Å². The molecule has 1 aliphatic rings. The minimum Gasteiger partial charge on any atom is -0.485 e. The largest absolute Gasteiger partial charge is 0.485 e. The van der Waals surface area contributed by atoms with Gasteiger partial charge in [0.2, 0.25) is 0 Å². The lowest BCUT2D eigenvalue weighted by molar-refractivity contribution is 0.349. The van der Waals surface area contributed by atoms with Gasteiger partial charge in [-0.05, 0) is 12.2 Å². The van der Waals surface area contributed by atoms with Crippen molar-refractivity contribution in [1.29, 1.82) is 5.41 Å². The summed E-state index contributed by atoms with van der Waals surface area (Å²) in [5.74, 6) is 1.56.